The molecule has 12 heteroatoms. The Morgan fingerprint density at radius 2 is 1.78 bits per heavy atom. The predicted molar refractivity (Wildman–Crippen MR) is 172 cm³/mol. The Labute approximate surface area is 268 Å². The number of nitrogens with zero attached hydrogens (tertiary/aromatic N) is 3. The van der Waals surface area contributed by atoms with E-state index in [0.29, 0.717) is 35.7 Å². The van der Waals surface area contributed by atoms with Gasteiger partial charge in [0.2, 0.25) is 11.8 Å². The van der Waals surface area contributed by atoms with Crippen molar-refractivity contribution in [2.24, 2.45) is 11.1 Å². The van der Waals surface area contributed by atoms with Crippen LogP contribution in [-0.2, 0) is 20.9 Å². The number of primary amides is 1. The average molecular weight is 644 g/mol. The third kappa shape index (κ3) is 6.45. The molecule has 0 atom stereocenters. The molecule has 0 bridgehead atoms. The number of hydrogen-bond donors (Lipinski definition) is 2. The van der Waals surface area contributed by atoms with Crippen molar-refractivity contribution in [3.05, 3.63) is 96.3 Å². The van der Waals surface area contributed by atoms with Crippen LogP contribution in [-0.4, -0.2) is 41.5 Å². The van der Waals surface area contributed by atoms with Crippen LogP contribution in [0.25, 0.3) is 20.8 Å². The van der Waals surface area contributed by atoms with Crippen molar-refractivity contribution < 1.29 is 27.8 Å². The molecule has 1 fully saturated rings. The molecule has 5 aromatic rings. The second-order valence-electron chi connectivity index (χ2n) is 10.8. The van der Waals surface area contributed by atoms with Crippen molar-refractivity contribution in [3.63, 3.8) is 0 Å². The van der Waals surface area contributed by atoms with Crippen LogP contribution in [0.4, 0.5) is 20.2 Å². The third-order valence-corrected chi connectivity index (χ3v) is 8.88. The lowest BCUT2D eigenvalue weighted by molar-refractivity contribution is -0.133. The summed E-state index contributed by atoms with van der Waals surface area (Å²) in [5.41, 5.74) is 7.09. The van der Waals surface area contributed by atoms with Crippen LogP contribution in [0.15, 0.2) is 79.1 Å². The lowest BCUT2D eigenvalue weighted by atomic mass is 10.0. The number of nitrogens with two attached hydrogens (primary N) is 1. The standard InChI is InChI=1S/C34H31F2N5O4S/c1-2-44-16-15-38-19-21-3-9-26(40-20-21)30-18-27-31(46-30)29(11-14-39-27)45-28-10-8-24(17-25(28)36)41(23-6-4-22(35)5-7-23)33(43)34(12-13-34)32(37)42/h3-11,14,17-18,20,38H,2,12-13,15-16,19H2,1H3,(H2,37,42). The van der Waals surface area contributed by atoms with Gasteiger partial charge in [-0.3, -0.25) is 24.5 Å². The van der Waals surface area contributed by atoms with Gasteiger partial charge in [0.25, 0.3) is 0 Å². The van der Waals surface area contributed by atoms with Gasteiger partial charge in [0, 0.05) is 49.9 Å². The summed E-state index contributed by atoms with van der Waals surface area (Å²) in [5, 5.41) is 3.32. The Balaban J connectivity index is 1.23. The lowest BCUT2D eigenvalue weighted by Crippen LogP contribution is -2.41. The van der Waals surface area contributed by atoms with E-state index < -0.39 is 28.9 Å². The van der Waals surface area contributed by atoms with E-state index in [9.17, 15) is 14.0 Å². The summed E-state index contributed by atoms with van der Waals surface area (Å²) >= 11 is 1.43. The first-order valence-corrected chi connectivity index (χ1v) is 15.6. The fourth-order valence-corrected chi connectivity index (χ4v) is 6.07. The van der Waals surface area contributed by atoms with Crippen LogP contribution in [0.3, 0.4) is 0 Å². The number of ether oxygens (including phenoxy) is 2. The molecule has 0 saturated heterocycles. The first kappa shape index (κ1) is 31.2. The Hall–Kier alpha value is -4.78. The molecule has 0 unspecified atom stereocenters. The van der Waals surface area contributed by atoms with Crippen LogP contribution in [0, 0.1) is 17.0 Å². The maximum absolute atomic E-state index is 15.6. The fraction of sp³-hybridized carbons (Fsp3) is 0.235. The number of benzene rings is 2. The van der Waals surface area contributed by atoms with Crippen LogP contribution in [0.1, 0.15) is 25.3 Å². The normalized spacial score (nSPS) is 13.5. The molecule has 1 aliphatic carbocycles. The number of nitrogens with one attached hydrogen (secondary N) is 1. The van der Waals surface area contributed by atoms with Crippen LogP contribution in [0.5, 0.6) is 11.5 Å². The molecule has 3 N–H and O–H groups in total. The molecule has 236 valence electrons. The summed E-state index contributed by atoms with van der Waals surface area (Å²) in [6, 6.07) is 16.7. The van der Waals surface area contributed by atoms with E-state index in [2.05, 4.69) is 15.3 Å². The average Bonchev–Trinajstić information content (AvgIpc) is 3.76. The minimum atomic E-state index is -1.38. The van der Waals surface area contributed by atoms with Gasteiger partial charge < -0.3 is 20.5 Å². The maximum Gasteiger partial charge on any atom is 0.247 e. The highest BCUT2D eigenvalue weighted by atomic mass is 32.1. The number of aromatic nitrogens is 2. The predicted octanol–water partition coefficient (Wildman–Crippen LogP) is 6.49. The van der Waals surface area contributed by atoms with Gasteiger partial charge in [0.15, 0.2) is 11.6 Å². The van der Waals surface area contributed by atoms with E-state index in [1.54, 1.807) is 12.3 Å². The molecule has 1 aliphatic rings. The zero-order valence-corrected chi connectivity index (χ0v) is 25.8. The van der Waals surface area contributed by atoms with Gasteiger partial charge in [0.1, 0.15) is 17.0 Å². The largest absolute Gasteiger partial charge is 0.453 e. The van der Waals surface area contributed by atoms with E-state index >= 15 is 4.39 Å². The molecular formula is C34H31F2N5O4S. The summed E-state index contributed by atoms with van der Waals surface area (Å²) < 4.78 is 41.4. The van der Waals surface area contributed by atoms with Gasteiger partial charge in [-0.25, -0.2) is 8.78 Å². The van der Waals surface area contributed by atoms with Crippen molar-refractivity contribution in [1.82, 2.24) is 15.3 Å². The molecule has 2 amide bonds. The highest BCUT2D eigenvalue weighted by Gasteiger charge is 2.57. The second kappa shape index (κ2) is 13.3. The molecule has 9 nitrogen and oxygen atoms in total. The van der Waals surface area contributed by atoms with Crippen molar-refractivity contribution >= 4 is 44.7 Å². The molecule has 0 spiro atoms. The number of hydrogen-bond acceptors (Lipinski definition) is 8. The number of anilines is 2. The minimum Gasteiger partial charge on any atom is -0.453 e. The summed E-state index contributed by atoms with van der Waals surface area (Å²) in [4.78, 5) is 36.9. The van der Waals surface area contributed by atoms with Crippen molar-refractivity contribution in [3.8, 4) is 22.1 Å². The number of carbonyl (C=O) groups excluding carboxylic acids is 2. The van der Waals surface area contributed by atoms with Gasteiger partial charge >= 0.3 is 0 Å². The van der Waals surface area contributed by atoms with E-state index in [1.807, 2.05) is 31.3 Å². The highest BCUT2D eigenvalue weighted by Crippen LogP contribution is 2.49. The molecular weight excluding hydrogens is 612 g/mol. The molecule has 6 rings (SSSR count). The van der Waals surface area contributed by atoms with Crippen molar-refractivity contribution in [2.75, 3.05) is 24.7 Å². The van der Waals surface area contributed by atoms with Gasteiger partial charge in [-0.05, 0) is 73.9 Å². The summed E-state index contributed by atoms with van der Waals surface area (Å²) in [7, 11) is 0. The van der Waals surface area contributed by atoms with Crippen LogP contribution >= 0.6 is 11.3 Å². The minimum absolute atomic E-state index is 0.0759. The van der Waals surface area contributed by atoms with Crippen LogP contribution in [0.2, 0.25) is 0 Å². The fourth-order valence-electron chi connectivity index (χ4n) is 5.03. The molecule has 3 heterocycles. The molecule has 1 saturated carbocycles. The first-order valence-electron chi connectivity index (χ1n) is 14.8. The number of amides is 2. The quantitative estimate of drug-likeness (QED) is 0.111. The maximum atomic E-state index is 15.6. The number of halogens is 2. The number of pyridine rings is 2. The Kier molecular flexibility index (Phi) is 9.02. The Bertz CT molecular complexity index is 1880. The monoisotopic (exact) mass is 643 g/mol. The van der Waals surface area contributed by atoms with Gasteiger partial charge in [-0.15, -0.1) is 11.3 Å². The summed E-state index contributed by atoms with van der Waals surface area (Å²) in [6.07, 6.45) is 3.98. The number of thiophene rings is 1. The second-order valence-corrected chi connectivity index (χ2v) is 11.9. The molecule has 46 heavy (non-hydrogen) atoms. The van der Waals surface area contributed by atoms with E-state index in [1.165, 1.54) is 52.6 Å². The lowest BCUT2D eigenvalue weighted by Gasteiger charge is -2.26. The van der Waals surface area contributed by atoms with Gasteiger partial charge in [-0.2, -0.15) is 0 Å². The van der Waals surface area contributed by atoms with Gasteiger partial charge in [0.05, 0.1) is 33.1 Å². The van der Waals surface area contributed by atoms with Crippen molar-refractivity contribution in [2.45, 2.75) is 26.3 Å². The summed E-state index contributed by atoms with van der Waals surface area (Å²) in [6.45, 7) is 4.74. The molecule has 0 aliphatic heterocycles. The summed E-state index contributed by atoms with van der Waals surface area (Å²) in [5.74, 6) is -2.26. The SMILES string of the molecule is CCOCCNCc1ccc(-c2cc3nccc(Oc4ccc(N(C(=O)C5(C(N)=O)CC5)c5ccc(F)cc5)cc4F)c3s2)nc1. The zero-order chi connectivity index (χ0) is 32.3. The molecule has 3 aromatic heterocycles. The topological polar surface area (TPSA) is 120 Å². The number of fused-ring (bicyclic) bond motifs is 1. The molecule has 2 aromatic carbocycles. The highest BCUT2D eigenvalue weighted by molar-refractivity contribution is 7.22. The van der Waals surface area contributed by atoms with E-state index in [4.69, 9.17) is 15.2 Å². The zero-order valence-electron chi connectivity index (χ0n) is 25.0. The molecule has 0 radical (unpaired) electrons. The number of rotatable bonds is 13. The Morgan fingerprint density at radius 1 is 1.00 bits per heavy atom. The van der Waals surface area contributed by atoms with Gasteiger partial charge in [-0.1, -0.05) is 6.07 Å². The van der Waals surface area contributed by atoms with E-state index in [-0.39, 0.29) is 30.0 Å². The number of carbonyl (C=O) groups is 2. The van der Waals surface area contributed by atoms with Crippen LogP contribution < -0.4 is 20.7 Å². The van der Waals surface area contributed by atoms with E-state index in [0.717, 1.165) is 28.7 Å². The smallest absolute Gasteiger partial charge is 0.247 e. The van der Waals surface area contributed by atoms with Crippen molar-refractivity contribution in [1.29, 1.82) is 0 Å². The first-order chi connectivity index (χ1) is 22.3. The Morgan fingerprint density at radius 3 is 2.46 bits per heavy atom. The third-order valence-electron chi connectivity index (χ3n) is 7.72.